The maximum absolute atomic E-state index is 10.8. The van der Waals surface area contributed by atoms with Gasteiger partial charge in [-0.25, -0.2) is 14.8 Å². The van der Waals surface area contributed by atoms with Gasteiger partial charge in [-0.1, -0.05) is 0 Å². The quantitative estimate of drug-likeness (QED) is 0.562. The van der Waals surface area contributed by atoms with Crippen molar-refractivity contribution in [2.24, 2.45) is 10.7 Å². The van der Waals surface area contributed by atoms with E-state index in [1.807, 2.05) is 6.92 Å². The summed E-state index contributed by atoms with van der Waals surface area (Å²) in [5.41, 5.74) is 5.34. The van der Waals surface area contributed by atoms with Crippen LogP contribution in [0.25, 0.3) is 5.57 Å². The van der Waals surface area contributed by atoms with Crippen LogP contribution in [0.3, 0.4) is 0 Å². The molecule has 0 spiro atoms. The smallest absolute Gasteiger partial charge is 0.352 e. The second-order valence-electron chi connectivity index (χ2n) is 2.83. The Labute approximate surface area is 92.6 Å². The van der Waals surface area contributed by atoms with E-state index in [9.17, 15) is 4.79 Å². The van der Waals surface area contributed by atoms with Gasteiger partial charge in [0.2, 0.25) is 0 Å². The number of nitrogens with two attached hydrogens (primary N) is 1. The Balaban J connectivity index is 3.22. The van der Waals surface area contributed by atoms with E-state index >= 15 is 0 Å². The third kappa shape index (κ3) is 2.88. The molecule has 0 radical (unpaired) electrons. The standard InChI is InChI=1S/C10H12N4O2/c1-2-12-6-7(8(11)10(15)16)9-13-4-3-5-14-9/h3-6H,2,11H2,1H3,(H,15,16). The van der Waals surface area contributed by atoms with Crippen LogP contribution in [0.15, 0.2) is 29.1 Å². The minimum Gasteiger partial charge on any atom is -0.477 e. The first kappa shape index (κ1) is 11.8. The average molecular weight is 220 g/mol. The van der Waals surface area contributed by atoms with Crippen LogP contribution >= 0.6 is 0 Å². The molecule has 0 saturated carbocycles. The van der Waals surface area contributed by atoms with Crippen LogP contribution in [-0.4, -0.2) is 33.8 Å². The molecule has 0 aliphatic carbocycles. The fraction of sp³-hybridized carbons (Fsp3) is 0.200. The number of hydrogen-bond acceptors (Lipinski definition) is 5. The Bertz CT molecular complexity index is 426. The number of carbonyl (C=O) groups is 1. The summed E-state index contributed by atoms with van der Waals surface area (Å²) >= 11 is 0. The molecular formula is C10H12N4O2. The Morgan fingerprint density at radius 1 is 1.56 bits per heavy atom. The first-order valence-corrected chi connectivity index (χ1v) is 4.67. The molecule has 6 heteroatoms. The van der Waals surface area contributed by atoms with Gasteiger partial charge in [0.15, 0.2) is 5.82 Å². The van der Waals surface area contributed by atoms with Crippen LogP contribution in [0.4, 0.5) is 0 Å². The second-order valence-corrected chi connectivity index (χ2v) is 2.83. The highest BCUT2D eigenvalue weighted by molar-refractivity contribution is 6.15. The number of carboxylic acids is 1. The van der Waals surface area contributed by atoms with Crippen molar-refractivity contribution < 1.29 is 9.90 Å². The molecule has 84 valence electrons. The summed E-state index contributed by atoms with van der Waals surface area (Å²) in [6.07, 6.45) is 4.40. The number of carboxylic acid groups (broad SMARTS) is 1. The predicted molar refractivity (Wildman–Crippen MR) is 59.8 cm³/mol. The molecule has 1 rings (SSSR count). The Hall–Kier alpha value is -2.24. The lowest BCUT2D eigenvalue weighted by Gasteiger charge is -2.02. The zero-order valence-corrected chi connectivity index (χ0v) is 8.79. The van der Waals surface area contributed by atoms with Gasteiger partial charge < -0.3 is 10.8 Å². The Morgan fingerprint density at radius 3 is 2.69 bits per heavy atom. The summed E-state index contributed by atoms with van der Waals surface area (Å²) in [4.78, 5) is 22.6. The van der Waals surface area contributed by atoms with Crippen molar-refractivity contribution >= 4 is 17.8 Å². The van der Waals surface area contributed by atoms with Gasteiger partial charge in [0.1, 0.15) is 5.70 Å². The van der Waals surface area contributed by atoms with Crippen molar-refractivity contribution in [2.45, 2.75) is 6.92 Å². The molecule has 1 heterocycles. The van der Waals surface area contributed by atoms with E-state index in [0.717, 1.165) is 0 Å². The van der Waals surface area contributed by atoms with Crippen molar-refractivity contribution in [2.75, 3.05) is 6.54 Å². The van der Waals surface area contributed by atoms with E-state index in [1.54, 1.807) is 6.07 Å². The molecule has 0 aliphatic heterocycles. The summed E-state index contributed by atoms with van der Waals surface area (Å²) < 4.78 is 0. The van der Waals surface area contributed by atoms with E-state index in [4.69, 9.17) is 10.8 Å². The van der Waals surface area contributed by atoms with Crippen molar-refractivity contribution in [3.63, 3.8) is 0 Å². The van der Waals surface area contributed by atoms with Gasteiger partial charge >= 0.3 is 5.97 Å². The highest BCUT2D eigenvalue weighted by Crippen LogP contribution is 2.09. The predicted octanol–water partition coefficient (Wildman–Crippen LogP) is 0.322. The van der Waals surface area contributed by atoms with Crippen molar-refractivity contribution in [3.05, 3.63) is 30.0 Å². The van der Waals surface area contributed by atoms with Crippen LogP contribution in [0.5, 0.6) is 0 Å². The number of allylic oxidation sites excluding steroid dienone is 1. The Kier molecular flexibility index (Phi) is 4.14. The number of aliphatic carboxylic acids is 1. The zero-order valence-electron chi connectivity index (χ0n) is 8.79. The van der Waals surface area contributed by atoms with Gasteiger partial charge in [0, 0.05) is 25.2 Å². The summed E-state index contributed by atoms with van der Waals surface area (Å²) in [5.74, 6) is -0.968. The third-order valence-corrected chi connectivity index (χ3v) is 1.73. The van der Waals surface area contributed by atoms with Crippen molar-refractivity contribution in [1.82, 2.24) is 9.97 Å². The van der Waals surface area contributed by atoms with E-state index in [1.165, 1.54) is 18.6 Å². The molecule has 1 aromatic heterocycles. The molecule has 0 bridgehead atoms. The number of aromatic nitrogens is 2. The van der Waals surface area contributed by atoms with Crippen molar-refractivity contribution in [3.8, 4) is 0 Å². The van der Waals surface area contributed by atoms with Crippen LogP contribution < -0.4 is 5.73 Å². The van der Waals surface area contributed by atoms with Crippen LogP contribution in [0.2, 0.25) is 0 Å². The molecule has 6 nitrogen and oxygen atoms in total. The fourth-order valence-electron chi connectivity index (χ4n) is 0.984. The van der Waals surface area contributed by atoms with E-state index < -0.39 is 5.97 Å². The molecule has 1 aromatic rings. The zero-order chi connectivity index (χ0) is 12.0. The molecule has 16 heavy (non-hydrogen) atoms. The highest BCUT2D eigenvalue weighted by atomic mass is 16.4. The highest BCUT2D eigenvalue weighted by Gasteiger charge is 2.12. The van der Waals surface area contributed by atoms with Gasteiger partial charge in [0.25, 0.3) is 0 Å². The number of nitrogens with zero attached hydrogens (tertiary/aromatic N) is 3. The van der Waals surface area contributed by atoms with Crippen LogP contribution in [-0.2, 0) is 4.79 Å². The molecule has 0 aromatic carbocycles. The number of aliphatic imine (C=N–C) groups is 1. The average Bonchev–Trinajstić information content (AvgIpc) is 2.30. The molecule has 0 aliphatic rings. The van der Waals surface area contributed by atoms with Crippen LogP contribution in [0.1, 0.15) is 12.7 Å². The topological polar surface area (TPSA) is 101 Å². The van der Waals surface area contributed by atoms with Crippen molar-refractivity contribution in [1.29, 1.82) is 0 Å². The SMILES string of the molecule is CCN=CC(=C(N)C(=O)O)c1ncccn1. The fourth-order valence-corrected chi connectivity index (χ4v) is 0.984. The van der Waals surface area contributed by atoms with Gasteiger partial charge in [0.05, 0.1) is 5.57 Å². The molecule has 0 saturated heterocycles. The maximum atomic E-state index is 10.8. The van der Waals surface area contributed by atoms with E-state index in [0.29, 0.717) is 6.54 Å². The second kappa shape index (κ2) is 5.59. The lowest BCUT2D eigenvalue weighted by Crippen LogP contribution is -2.14. The van der Waals surface area contributed by atoms with Gasteiger partial charge in [-0.3, -0.25) is 4.99 Å². The third-order valence-electron chi connectivity index (χ3n) is 1.73. The molecule has 0 atom stereocenters. The van der Waals surface area contributed by atoms with Crippen LogP contribution in [0, 0.1) is 0 Å². The minimum absolute atomic E-state index is 0.218. The largest absolute Gasteiger partial charge is 0.477 e. The van der Waals surface area contributed by atoms with E-state index in [2.05, 4.69) is 15.0 Å². The number of hydrogen-bond donors (Lipinski definition) is 2. The number of rotatable bonds is 4. The summed E-state index contributed by atoms with van der Waals surface area (Å²) in [7, 11) is 0. The molecule has 0 fully saturated rings. The molecule has 0 unspecified atom stereocenters. The summed E-state index contributed by atoms with van der Waals surface area (Å²) in [5, 5.41) is 8.81. The molecule has 0 amide bonds. The first-order chi connectivity index (χ1) is 7.66. The van der Waals surface area contributed by atoms with Gasteiger partial charge in [-0.2, -0.15) is 0 Å². The lowest BCUT2D eigenvalue weighted by molar-refractivity contribution is -0.132. The van der Waals surface area contributed by atoms with E-state index in [-0.39, 0.29) is 17.1 Å². The monoisotopic (exact) mass is 220 g/mol. The summed E-state index contributed by atoms with van der Waals surface area (Å²) in [6.45, 7) is 2.36. The molecular weight excluding hydrogens is 208 g/mol. The van der Waals surface area contributed by atoms with Gasteiger partial charge in [-0.05, 0) is 13.0 Å². The normalized spacial score (nSPS) is 12.6. The first-order valence-electron chi connectivity index (χ1n) is 4.67. The lowest BCUT2D eigenvalue weighted by atomic mass is 10.2. The summed E-state index contributed by atoms with van der Waals surface area (Å²) in [6, 6.07) is 1.63. The molecule has 3 N–H and O–H groups in total. The maximum Gasteiger partial charge on any atom is 0.352 e. The van der Waals surface area contributed by atoms with Gasteiger partial charge in [-0.15, -0.1) is 0 Å². The Morgan fingerprint density at radius 2 is 2.19 bits per heavy atom. The minimum atomic E-state index is -1.22.